The quantitative estimate of drug-likeness (QED) is 0.679. The number of halogens is 3. The van der Waals surface area contributed by atoms with Crippen molar-refractivity contribution < 1.29 is 31.9 Å². The summed E-state index contributed by atoms with van der Waals surface area (Å²) in [6.07, 6.45) is -4.69. The molecule has 2 N–H and O–H groups in total. The first-order chi connectivity index (χ1) is 12.9. The number of rotatable bonds is 6. The summed E-state index contributed by atoms with van der Waals surface area (Å²) in [5.74, 6) is -1.41. The maximum atomic E-state index is 12.5. The van der Waals surface area contributed by atoms with E-state index in [9.17, 15) is 18.0 Å². The average molecular weight is 382 g/mol. The largest absolute Gasteiger partial charge is 0.493 e. The number of methoxy groups -OCH3 is 1. The summed E-state index contributed by atoms with van der Waals surface area (Å²) in [5.41, 5.74) is 0. The Kier molecular flexibility index (Phi) is 5.01. The van der Waals surface area contributed by atoms with Gasteiger partial charge in [0.1, 0.15) is 12.4 Å². The van der Waals surface area contributed by atoms with Gasteiger partial charge in [-0.05, 0) is 24.3 Å². The van der Waals surface area contributed by atoms with Crippen LogP contribution >= 0.6 is 0 Å². The SMILES string of the molecule is COc1ccccc1OCc1ccc(C(=O)Nc2n[nH]c(C(F)(F)F)n2)o1. The lowest BCUT2D eigenvalue weighted by Crippen LogP contribution is -2.12. The van der Waals surface area contributed by atoms with Crippen LogP contribution in [0.3, 0.4) is 0 Å². The summed E-state index contributed by atoms with van der Waals surface area (Å²) < 4.78 is 53.4. The molecule has 0 bridgehead atoms. The van der Waals surface area contributed by atoms with Gasteiger partial charge in [-0.15, -0.1) is 5.10 Å². The molecule has 0 radical (unpaired) electrons. The van der Waals surface area contributed by atoms with Crippen molar-refractivity contribution >= 4 is 11.9 Å². The lowest BCUT2D eigenvalue weighted by molar-refractivity contribution is -0.144. The molecule has 0 spiro atoms. The van der Waals surface area contributed by atoms with E-state index in [-0.39, 0.29) is 12.4 Å². The summed E-state index contributed by atoms with van der Waals surface area (Å²) in [6.45, 7) is 0.0204. The van der Waals surface area contributed by atoms with Crippen molar-refractivity contribution in [3.63, 3.8) is 0 Å². The Morgan fingerprint density at radius 3 is 2.63 bits per heavy atom. The highest BCUT2D eigenvalue weighted by molar-refractivity contribution is 6.01. The van der Waals surface area contributed by atoms with Crippen molar-refractivity contribution in [2.75, 3.05) is 12.4 Å². The number of hydrogen-bond acceptors (Lipinski definition) is 6. The number of carbonyl (C=O) groups excluding carboxylic acids is 1. The number of carbonyl (C=O) groups is 1. The maximum Gasteiger partial charge on any atom is 0.451 e. The second-order valence-electron chi connectivity index (χ2n) is 5.17. The van der Waals surface area contributed by atoms with E-state index in [1.165, 1.54) is 19.2 Å². The molecular weight excluding hydrogens is 369 g/mol. The van der Waals surface area contributed by atoms with E-state index >= 15 is 0 Å². The molecule has 142 valence electrons. The standard InChI is InChI=1S/C16H13F3N4O4/c1-25-10-4-2-3-5-11(10)26-8-9-6-7-12(27-9)13(24)20-15-21-14(22-23-15)16(17,18)19/h2-7H,8H2,1H3,(H2,20,21,22,23,24). The van der Waals surface area contributed by atoms with Crippen LogP contribution in [0, 0.1) is 0 Å². The van der Waals surface area contributed by atoms with Crippen LogP contribution in [0.15, 0.2) is 40.8 Å². The molecular formula is C16H13F3N4O4. The van der Waals surface area contributed by atoms with Crippen molar-refractivity contribution in [1.82, 2.24) is 15.2 Å². The number of furan rings is 1. The fourth-order valence-electron chi connectivity index (χ4n) is 2.07. The molecule has 0 saturated carbocycles. The summed E-state index contributed by atoms with van der Waals surface area (Å²) in [7, 11) is 1.50. The highest BCUT2D eigenvalue weighted by Gasteiger charge is 2.35. The van der Waals surface area contributed by atoms with Crippen LogP contribution in [0.4, 0.5) is 19.1 Å². The number of hydrogen-bond donors (Lipinski definition) is 2. The monoisotopic (exact) mass is 382 g/mol. The number of aromatic nitrogens is 3. The fourth-order valence-corrected chi connectivity index (χ4v) is 2.07. The van der Waals surface area contributed by atoms with Crippen LogP contribution in [0.25, 0.3) is 0 Å². The van der Waals surface area contributed by atoms with Crippen LogP contribution in [-0.4, -0.2) is 28.2 Å². The van der Waals surface area contributed by atoms with Gasteiger partial charge >= 0.3 is 6.18 Å². The number of amides is 1. The van der Waals surface area contributed by atoms with Crippen molar-refractivity contribution in [1.29, 1.82) is 0 Å². The summed E-state index contributed by atoms with van der Waals surface area (Å²) >= 11 is 0. The van der Waals surface area contributed by atoms with Crippen molar-refractivity contribution in [3.8, 4) is 11.5 Å². The van der Waals surface area contributed by atoms with Gasteiger partial charge in [0.05, 0.1) is 7.11 Å². The Labute approximate surface area is 150 Å². The fraction of sp³-hybridized carbons (Fsp3) is 0.188. The molecule has 2 aromatic heterocycles. The minimum Gasteiger partial charge on any atom is -0.493 e. The number of aromatic amines is 1. The van der Waals surface area contributed by atoms with Crippen molar-refractivity contribution in [3.05, 3.63) is 53.7 Å². The molecule has 0 saturated heterocycles. The molecule has 1 amide bonds. The molecule has 0 atom stereocenters. The first kappa shape index (κ1) is 18.3. The Balaban J connectivity index is 1.61. The predicted molar refractivity (Wildman–Crippen MR) is 85.4 cm³/mol. The van der Waals surface area contributed by atoms with Gasteiger partial charge in [-0.1, -0.05) is 12.1 Å². The molecule has 27 heavy (non-hydrogen) atoms. The maximum absolute atomic E-state index is 12.5. The highest BCUT2D eigenvalue weighted by Crippen LogP contribution is 2.27. The smallest absolute Gasteiger partial charge is 0.451 e. The van der Waals surface area contributed by atoms with Gasteiger partial charge in [0, 0.05) is 0 Å². The number of H-pyrrole nitrogens is 1. The van der Waals surface area contributed by atoms with Crippen LogP contribution in [0.1, 0.15) is 22.1 Å². The molecule has 8 nitrogen and oxygen atoms in total. The summed E-state index contributed by atoms with van der Waals surface area (Å²) in [6, 6.07) is 9.84. The van der Waals surface area contributed by atoms with E-state index in [1.807, 2.05) is 0 Å². The molecule has 1 aromatic carbocycles. The highest BCUT2D eigenvalue weighted by atomic mass is 19.4. The summed E-state index contributed by atoms with van der Waals surface area (Å²) in [4.78, 5) is 15.2. The Bertz CT molecular complexity index is 936. The molecule has 0 unspecified atom stereocenters. The first-order valence-electron chi connectivity index (χ1n) is 7.52. The lowest BCUT2D eigenvalue weighted by atomic mass is 10.3. The van der Waals surface area contributed by atoms with Gasteiger partial charge in [-0.25, -0.2) is 0 Å². The molecule has 0 aliphatic heterocycles. The number of nitrogens with zero attached hydrogens (tertiary/aromatic N) is 2. The third-order valence-electron chi connectivity index (χ3n) is 3.30. The zero-order valence-electron chi connectivity index (χ0n) is 13.8. The first-order valence-corrected chi connectivity index (χ1v) is 7.52. The zero-order chi connectivity index (χ0) is 19.4. The molecule has 0 fully saturated rings. The van der Waals surface area contributed by atoms with Crippen LogP contribution < -0.4 is 14.8 Å². The number of para-hydroxylation sites is 2. The Morgan fingerprint density at radius 2 is 1.96 bits per heavy atom. The van der Waals surface area contributed by atoms with E-state index in [2.05, 4.69) is 15.4 Å². The number of anilines is 1. The second kappa shape index (κ2) is 7.40. The molecule has 3 rings (SSSR count). The van der Waals surface area contributed by atoms with E-state index in [0.29, 0.717) is 17.3 Å². The van der Waals surface area contributed by atoms with Crippen LogP contribution in [-0.2, 0) is 12.8 Å². The van der Waals surface area contributed by atoms with Gasteiger partial charge in [-0.2, -0.15) is 18.2 Å². The van der Waals surface area contributed by atoms with Gasteiger partial charge in [0.15, 0.2) is 17.3 Å². The second-order valence-corrected chi connectivity index (χ2v) is 5.17. The minimum atomic E-state index is -4.69. The Morgan fingerprint density at radius 1 is 1.22 bits per heavy atom. The average Bonchev–Trinajstić information content (AvgIpc) is 3.29. The van der Waals surface area contributed by atoms with E-state index in [4.69, 9.17) is 13.9 Å². The zero-order valence-corrected chi connectivity index (χ0v) is 13.8. The van der Waals surface area contributed by atoms with Crippen molar-refractivity contribution in [2.24, 2.45) is 0 Å². The van der Waals surface area contributed by atoms with Gasteiger partial charge in [-0.3, -0.25) is 15.2 Å². The van der Waals surface area contributed by atoms with Crippen LogP contribution in [0.5, 0.6) is 11.5 Å². The van der Waals surface area contributed by atoms with E-state index in [0.717, 1.165) is 0 Å². The predicted octanol–water partition coefficient (Wildman–Crippen LogP) is 3.26. The van der Waals surface area contributed by atoms with Gasteiger partial charge in [0.2, 0.25) is 11.8 Å². The number of ether oxygens (including phenoxy) is 2. The van der Waals surface area contributed by atoms with E-state index < -0.39 is 23.9 Å². The van der Waals surface area contributed by atoms with Gasteiger partial charge < -0.3 is 13.9 Å². The molecule has 2 heterocycles. The number of benzene rings is 1. The third-order valence-corrected chi connectivity index (χ3v) is 3.30. The molecule has 3 aromatic rings. The molecule has 0 aliphatic carbocycles. The van der Waals surface area contributed by atoms with Gasteiger partial charge in [0.25, 0.3) is 5.91 Å². The number of nitrogens with one attached hydrogen (secondary N) is 2. The minimum absolute atomic E-state index is 0.0204. The van der Waals surface area contributed by atoms with Crippen molar-refractivity contribution in [2.45, 2.75) is 12.8 Å². The molecule has 0 aliphatic rings. The third kappa shape index (κ3) is 4.37. The number of alkyl halides is 3. The Hall–Kier alpha value is -3.50. The normalized spacial score (nSPS) is 11.3. The topological polar surface area (TPSA) is 102 Å². The van der Waals surface area contributed by atoms with E-state index in [1.54, 1.807) is 29.4 Å². The lowest BCUT2D eigenvalue weighted by Gasteiger charge is -2.08. The molecule has 11 heteroatoms. The van der Waals surface area contributed by atoms with Crippen LogP contribution in [0.2, 0.25) is 0 Å². The summed E-state index contributed by atoms with van der Waals surface area (Å²) in [5, 5.41) is 7.08.